The van der Waals surface area contributed by atoms with Crippen molar-refractivity contribution in [3.8, 4) is 0 Å². The molecule has 0 amide bonds. The van der Waals surface area contributed by atoms with Gasteiger partial charge in [-0.3, -0.25) is 4.79 Å². The van der Waals surface area contributed by atoms with E-state index in [-0.39, 0.29) is 21.6 Å². The van der Waals surface area contributed by atoms with Gasteiger partial charge in [-0.1, -0.05) is 0 Å². The summed E-state index contributed by atoms with van der Waals surface area (Å²) in [5.41, 5.74) is 0.433. The first-order chi connectivity index (χ1) is 7.99. The lowest BCUT2D eigenvalue weighted by Crippen LogP contribution is -2.10. The summed E-state index contributed by atoms with van der Waals surface area (Å²) in [7, 11) is 1.24. The van der Waals surface area contributed by atoms with Gasteiger partial charge in [0.2, 0.25) is 0 Å². The van der Waals surface area contributed by atoms with Crippen molar-refractivity contribution in [3.63, 3.8) is 0 Å². The smallest absolute Gasteiger partial charge is 0.310 e. The van der Waals surface area contributed by atoms with Gasteiger partial charge in [0.25, 0.3) is 6.43 Å². The molecule has 1 rings (SSSR count). The third-order valence-corrected chi connectivity index (χ3v) is 3.54. The second-order valence-corrected chi connectivity index (χ2v) is 4.51. The Hall–Kier alpha value is -0.500. The number of methoxy groups -OCH3 is 1. The maximum Gasteiger partial charge on any atom is 0.310 e. The molecule has 0 spiro atoms. The first kappa shape index (κ1) is 14.6. The van der Waals surface area contributed by atoms with Crippen molar-refractivity contribution >= 4 is 40.2 Å². The molecule has 0 saturated heterocycles. The summed E-state index contributed by atoms with van der Waals surface area (Å²) in [5.74, 6) is -0.472. The van der Waals surface area contributed by atoms with Crippen LogP contribution >= 0.6 is 34.2 Å². The van der Waals surface area contributed by atoms with E-state index in [1.54, 1.807) is 22.6 Å². The molecule has 0 N–H and O–H groups in total. The largest absolute Gasteiger partial charge is 0.469 e. The monoisotopic (exact) mass is 375 g/mol. The number of hydrogen-bond acceptors (Lipinski definition) is 3. The van der Waals surface area contributed by atoms with Crippen LogP contribution in [0.2, 0.25) is 0 Å². The van der Waals surface area contributed by atoms with Crippen LogP contribution in [-0.4, -0.2) is 18.1 Å². The fraction of sp³-hybridized carbons (Fsp3) is 0.400. The van der Waals surface area contributed by atoms with Crippen molar-refractivity contribution in [3.05, 3.63) is 26.6 Å². The summed E-state index contributed by atoms with van der Waals surface area (Å²) in [6.07, 6.45) is -2.76. The molecular weight excluding hydrogens is 366 g/mol. The molecule has 0 saturated carbocycles. The SMILES string of the molecule is COC(=O)Cc1cc(CCl)nc(C(F)F)c1I. The molecule has 1 aromatic heterocycles. The van der Waals surface area contributed by atoms with Crippen LogP contribution in [0.1, 0.15) is 23.4 Å². The van der Waals surface area contributed by atoms with E-state index in [1.165, 1.54) is 13.2 Å². The van der Waals surface area contributed by atoms with Crippen molar-refractivity contribution in [1.29, 1.82) is 0 Å². The van der Waals surface area contributed by atoms with Crippen LogP contribution in [0.15, 0.2) is 6.07 Å². The molecular formula is C10H9ClF2INO2. The molecule has 7 heteroatoms. The van der Waals surface area contributed by atoms with E-state index in [1.807, 2.05) is 0 Å². The van der Waals surface area contributed by atoms with Crippen LogP contribution in [0.5, 0.6) is 0 Å². The van der Waals surface area contributed by atoms with E-state index in [0.717, 1.165) is 0 Å². The van der Waals surface area contributed by atoms with Crippen LogP contribution in [0.25, 0.3) is 0 Å². The molecule has 1 heterocycles. The number of esters is 1. The lowest BCUT2D eigenvalue weighted by atomic mass is 10.1. The predicted octanol–water partition coefficient (Wildman–Crippen LogP) is 3.08. The van der Waals surface area contributed by atoms with Gasteiger partial charge < -0.3 is 4.74 Å². The van der Waals surface area contributed by atoms with Crippen LogP contribution in [0, 0.1) is 3.57 Å². The fourth-order valence-electron chi connectivity index (χ4n) is 1.23. The van der Waals surface area contributed by atoms with E-state index in [4.69, 9.17) is 11.6 Å². The van der Waals surface area contributed by atoms with Gasteiger partial charge in [-0.05, 0) is 34.2 Å². The van der Waals surface area contributed by atoms with Crippen LogP contribution in [0.3, 0.4) is 0 Å². The fourth-order valence-corrected chi connectivity index (χ4v) is 2.07. The Balaban J connectivity index is 3.19. The number of carbonyl (C=O) groups excluding carboxylic acids is 1. The highest BCUT2D eigenvalue weighted by Gasteiger charge is 2.19. The highest BCUT2D eigenvalue weighted by Crippen LogP contribution is 2.27. The van der Waals surface area contributed by atoms with Gasteiger partial charge in [-0.25, -0.2) is 13.8 Å². The Kier molecular flexibility index (Phi) is 5.51. The van der Waals surface area contributed by atoms with Crippen molar-refractivity contribution in [1.82, 2.24) is 4.98 Å². The van der Waals surface area contributed by atoms with Crippen LogP contribution in [-0.2, 0) is 21.8 Å². The molecule has 0 radical (unpaired) electrons. The van der Waals surface area contributed by atoms with E-state index in [2.05, 4.69) is 9.72 Å². The van der Waals surface area contributed by atoms with Crippen LogP contribution < -0.4 is 0 Å². The third-order valence-electron chi connectivity index (χ3n) is 2.02. The standard InChI is InChI=1S/C10H9ClF2INO2/c1-17-7(16)3-5-2-6(4-11)15-9(8(5)14)10(12)13/h2,10H,3-4H2,1H3. The molecule has 3 nitrogen and oxygen atoms in total. The molecule has 1 aromatic rings. The number of carbonyl (C=O) groups is 1. The summed E-state index contributed by atoms with van der Waals surface area (Å²) in [5, 5.41) is 0. The Morgan fingerprint density at radius 3 is 2.76 bits per heavy atom. The van der Waals surface area contributed by atoms with Gasteiger partial charge in [-0.2, -0.15) is 0 Å². The zero-order chi connectivity index (χ0) is 13.0. The molecule has 94 valence electrons. The lowest BCUT2D eigenvalue weighted by Gasteiger charge is -2.10. The number of rotatable bonds is 4. The summed E-state index contributed by atoms with van der Waals surface area (Å²) in [6.45, 7) is 0. The first-order valence-corrected chi connectivity index (χ1v) is 6.20. The average Bonchev–Trinajstić information content (AvgIpc) is 2.31. The maximum atomic E-state index is 12.7. The van der Waals surface area contributed by atoms with Gasteiger partial charge in [0.1, 0.15) is 5.69 Å². The minimum Gasteiger partial charge on any atom is -0.469 e. The highest BCUT2D eigenvalue weighted by atomic mass is 127. The molecule has 0 bridgehead atoms. The van der Waals surface area contributed by atoms with E-state index >= 15 is 0 Å². The summed E-state index contributed by atoms with van der Waals surface area (Å²) in [4.78, 5) is 14.9. The van der Waals surface area contributed by atoms with Gasteiger partial charge in [0.05, 0.1) is 25.1 Å². The second-order valence-electron chi connectivity index (χ2n) is 3.16. The molecule has 0 aliphatic carbocycles. The molecule has 0 atom stereocenters. The molecule has 0 unspecified atom stereocenters. The molecule has 17 heavy (non-hydrogen) atoms. The number of alkyl halides is 3. The Bertz CT molecular complexity index is 429. The first-order valence-electron chi connectivity index (χ1n) is 4.58. The quantitative estimate of drug-likeness (QED) is 0.461. The predicted molar refractivity (Wildman–Crippen MR) is 67.2 cm³/mol. The second kappa shape index (κ2) is 6.44. The third kappa shape index (κ3) is 3.74. The summed E-state index contributed by atoms with van der Waals surface area (Å²) >= 11 is 7.32. The number of aromatic nitrogens is 1. The molecule has 0 fully saturated rings. The zero-order valence-electron chi connectivity index (χ0n) is 8.84. The minimum atomic E-state index is -2.69. The Morgan fingerprint density at radius 2 is 2.29 bits per heavy atom. The minimum absolute atomic E-state index is 0.0187. The van der Waals surface area contributed by atoms with Crippen molar-refractivity contribution in [2.24, 2.45) is 0 Å². The zero-order valence-corrected chi connectivity index (χ0v) is 11.8. The normalized spacial score (nSPS) is 10.7. The van der Waals surface area contributed by atoms with E-state index in [0.29, 0.717) is 11.3 Å². The van der Waals surface area contributed by atoms with Gasteiger partial charge >= 0.3 is 5.97 Å². The van der Waals surface area contributed by atoms with Crippen LogP contribution in [0.4, 0.5) is 8.78 Å². The Morgan fingerprint density at radius 1 is 1.65 bits per heavy atom. The Labute approximate surface area is 116 Å². The number of halogens is 4. The van der Waals surface area contributed by atoms with Gasteiger partial charge in [0, 0.05) is 3.57 Å². The molecule has 0 aromatic carbocycles. The maximum absolute atomic E-state index is 12.7. The summed E-state index contributed by atoms with van der Waals surface area (Å²) < 4.78 is 30.2. The molecule has 0 aliphatic heterocycles. The summed E-state index contributed by atoms with van der Waals surface area (Å²) in [6, 6.07) is 1.54. The van der Waals surface area contributed by atoms with Crippen molar-refractivity contribution < 1.29 is 18.3 Å². The van der Waals surface area contributed by atoms with E-state index < -0.39 is 12.4 Å². The lowest BCUT2D eigenvalue weighted by molar-refractivity contribution is -0.139. The van der Waals surface area contributed by atoms with E-state index in [9.17, 15) is 13.6 Å². The number of hydrogen-bond donors (Lipinski definition) is 0. The van der Waals surface area contributed by atoms with Crippen molar-refractivity contribution in [2.75, 3.05) is 7.11 Å². The number of pyridine rings is 1. The topological polar surface area (TPSA) is 39.2 Å². The van der Waals surface area contributed by atoms with Gasteiger partial charge in [0.15, 0.2) is 0 Å². The van der Waals surface area contributed by atoms with Crippen molar-refractivity contribution in [2.45, 2.75) is 18.7 Å². The highest BCUT2D eigenvalue weighted by molar-refractivity contribution is 14.1. The number of nitrogens with zero attached hydrogens (tertiary/aromatic N) is 1. The van der Waals surface area contributed by atoms with Gasteiger partial charge in [-0.15, -0.1) is 11.6 Å². The average molecular weight is 376 g/mol. The molecule has 0 aliphatic rings. The number of ether oxygens (including phenoxy) is 1.